The number of hydrogen-bond acceptors (Lipinski definition) is 5. The lowest BCUT2D eigenvalue weighted by atomic mass is 9.93. The van der Waals surface area contributed by atoms with E-state index in [1.807, 2.05) is 41.4 Å². The molecule has 2 aliphatic rings. The highest BCUT2D eigenvalue weighted by Crippen LogP contribution is 2.48. The lowest BCUT2D eigenvalue weighted by molar-refractivity contribution is -0.385. The molecule has 0 saturated heterocycles. The SMILES string of the molecule is O=[N+]([O-])c1cccc([C@@H]2Oc3ccccc3[C@@H]3CC(c4cccc5ccccc45)=NN32)c1. The number of ether oxygens (including phenoxy) is 1. The lowest BCUT2D eigenvalue weighted by Crippen LogP contribution is -2.33. The molecule has 4 aromatic rings. The fraction of sp³-hybridized carbons (Fsp3) is 0.115. The monoisotopic (exact) mass is 421 g/mol. The maximum Gasteiger partial charge on any atom is 0.269 e. The van der Waals surface area contributed by atoms with Gasteiger partial charge in [-0.15, -0.1) is 0 Å². The molecule has 0 radical (unpaired) electrons. The van der Waals surface area contributed by atoms with Crippen molar-refractivity contribution < 1.29 is 9.66 Å². The van der Waals surface area contributed by atoms with E-state index in [4.69, 9.17) is 9.84 Å². The number of hydrogen-bond donors (Lipinski definition) is 0. The Labute approximate surface area is 184 Å². The Bertz CT molecular complexity index is 1390. The van der Waals surface area contributed by atoms with E-state index >= 15 is 0 Å². The molecule has 0 amide bonds. The van der Waals surface area contributed by atoms with Gasteiger partial charge in [0, 0.05) is 35.2 Å². The number of para-hydroxylation sites is 1. The first kappa shape index (κ1) is 18.6. The number of non-ortho nitro benzene ring substituents is 1. The second-order valence-electron chi connectivity index (χ2n) is 8.03. The van der Waals surface area contributed by atoms with Gasteiger partial charge < -0.3 is 4.74 Å². The summed E-state index contributed by atoms with van der Waals surface area (Å²) in [5.41, 5.74) is 3.92. The van der Waals surface area contributed by atoms with Crippen molar-refractivity contribution in [2.75, 3.05) is 0 Å². The van der Waals surface area contributed by atoms with Gasteiger partial charge >= 0.3 is 0 Å². The molecule has 2 atom stereocenters. The van der Waals surface area contributed by atoms with Crippen LogP contribution >= 0.6 is 0 Å². The maximum absolute atomic E-state index is 11.3. The van der Waals surface area contributed by atoms with Gasteiger partial charge in [0.1, 0.15) is 5.75 Å². The van der Waals surface area contributed by atoms with Gasteiger partial charge in [-0.1, -0.05) is 72.8 Å². The molecule has 32 heavy (non-hydrogen) atoms. The molecule has 0 N–H and O–H groups in total. The topological polar surface area (TPSA) is 68.0 Å². The summed E-state index contributed by atoms with van der Waals surface area (Å²) in [7, 11) is 0. The molecule has 2 heterocycles. The zero-order valence-corrected chi connectivity index (χ0v) is 17.1. The van der Waals surface area contributed by atoms with Crippen molar-refractivity contribution in [3.05, 3.63) is 118 Å². The third-order valence-corrected chi connectivity index (χ3v) is 6.17. The molecule has 6 rings (SSSR count). The van der Waals surface area contributed by atoms with Crippen molar-refractivity contribution >= 4 is 22.2 Å². The molecule has 6 nitrogen and oxygen atoms in total. The third-order valence-electron chi connectivity index (χ3n) is 6.17. The van der Waals surface area contributed by atoms with Crippen LogP contribution in [0.25, 0.3) is 10.8 Å². The zero-order chi connectivity index (χ0) is 21.7. The summed E-state index contributed by atoms with van der Waals surface area (Å²) in [6, 6.07) is 29.1. The molecule has 0 fully saturated rings. The lowest BCUT2D eigenvalue weighted by Gasteiger charge is -2.38. The van der Waals surface area contributed by atoms with E-state index in [2.05, 4.69) is 36.4 Å². The predicted octanol–water partition coefficient (Wildman–Crippen LogP) is 5.99. The Hall–Kier alpha value is -4.19. The first-order valence-electron chi connectivity index (χ1n) is 10.5. The van der Waals surface area contributed by atoms with E-state index in [0.717, 1.165) is 34.4 Å². The van der Waals surface area contributed by atoms with E-state index < -0.39 is 6.23 Å². The molecular weight excluding hydrogens is 402 g/mol. The van der Waals surface area contributed by atoms with Crippen LogP contribution in [0.4, 0.5) is 5.69 Å². The van der Waals surface area contributed by atoms with E-state index in [0.29, 0.717) is 5.56 Å². The van der Waals surface area contributed by atoms with Crippen molar-refractivity contribution in [2.45, 2.75) is 18.7 Å². The van der Waals surface area contributed by atoms with Gasteiger partial charge in [-0.3, -0.25) is 10.1 Å². The minimum atomic E-state index is -0.540. The number of nitro benzene ring substituents is 1. The molecule has 0 saturated carbocycles. The number of nitro groups is 1. The summed E-state index contributed by atoms with van der Waals surface area (Å²) >= 11 is 0. The van der Waals surface area contributed by atoms with Crippen molar-refractivity contribution in [3.63, 3.8) is 0 Å². The fourth-order valence-corrected chi connectivity index (χ4v) is 4.69. The van der Waals surface area contributed by atoms with Crippen molar-refractivity contribution in [1.82, 2.24) is 5.01 Å². The Kier molecular flexibility index (Phi) is 4.18. The van der Waals surface area contributed by atoms with Gasteiger partial charge in [-0.05, 0) is 16.8 Å². The molecule has 0 aliphatic carbocycles. The second-order valence-corrected chi connectivity index (χ2v) is 8.03. The molecule has 0 unspecified atom stereocenters. The van der Waals surface area contributed by atoms with Crippen LogP contribution in [-0.4, -0.2) is 15.6 Å². The number of rotatable bonds is 3. The van der Waals surface area contributed by atoms with Crippen LogP contribution in [0.15, 0.2) is 96.1 Å². The van der Waals surface area contributed by atoms with Gasteiger partial charge in [0.25, 0.3) is 5.69 Å². The molecule has 0 aromatic heterocycles. The average molecular weight is 421 g/mol. The predicted molar refractivity (Wildman–Crippen MR) is 123 cm³/mol. The third kappa shape index (κ3) is 2.92. The molecule has 6 heteroatoms. The Morgan fingerprint density at radius 1 is 0.938 bits per heavy atom. The molecule has 0 spiro atoms. The van der Waals surface area contributed by atoms with E-state index in [1.165, 1.54) is 11.5 Å². The minimum Gasteiger partial charge on any atom is -0.464 e. The van der Waals surface area contributed by atoms with Crippen LogP contribution in [0.3, 0.4) is 0 Å². The Morgan fingerprint density at radius 2 is 1.72 bits per heavy atom. The molecule has 156 valence electrons. The van der Waals surface area contributed by atoms with Crippen LogP contribution in [0.5, 0.6) is 5.75 Å². The van der Waals surface area contributed by atoms with Crippen LogP contribution in [0.1, 0.15) is 35.4 Å². The minimum absolute atomic E-state index is 0.00168. The Balaban J connectivity index is 1.49. The standard InChI is InChI=1S/C26H19N3O3/c30-29(31)19-10-5-9-18(15-19)26-28-24(22-12-3-4-14-25(22)32-26)16-23(27-28)21-13-6-8-17-7-1-2-11-20(17)21/h1-15,24,26H,16H2/t24-,26-/m0/s1. The fourth-order valence-electron chi connectivity index (χ4n) is 4.69. The summed E-state index contributed by atoms with van der Waals surface area (Å²) in [4.78, 5) is 11.0. The van der Waals surface area contributed by atoms with Gasteiger partial charge in [-0.25, -0.2) is 5.01 Å². The highest BCUT2D eigenvalue weighted by Gasteiger charge is 2.41. The Morgan fingerprint density at radius 3 is 2.62 bits per heavy atom. The highest BCUT2D eigenvalue weighted by molar-refractivity contribution is 6.11. The van der Waals surface area contributed by atoms with E-state index in [9.17, 15) is 10.1 Å². The number of benzene rings is 4. The molecular formula is C26H19N3O3. The summed E-state index contributed by atoms with van der Waals surface area (Å²) in [6.07, 6.45) is 0.196. The summed E-state index contributed by atoms with van der Waals surface area (Å²) in [5.74, 6) is 0.791. The van der Waals surface area contributed by atoms with Crippen molar-refractivity contribution in [2.24, 2.45) is 5.10 Å². The molecule has 2 aliphatic heterocycles. The first-order chi connectivity index (χ1) is 15.7. The van der Waals surface area contributed by atoms with Gasteiger partial charge in [0.05, 0.1) is 16.7 Å². The largest absolute Gasteiger partial charge is 0.464 e. The van der Waals surface area contributed by atoms with Gasteiger partial charge in [0.2, 0.25) is 6.23 Å². The van der Waals surface area contributed by atoms with Crippen LogP contribution < -0.4 is 4.74 Å². The van der Waals surface area contributed by atoms with E-state index in [-0.39, 0.29) is 16.7 Å². The van der Waals surface area contributed by atoms with Crippen LogP contribution in [0, 0.1) is 10.1 Å². The second kappa shape index (κ2) is 7.20. The van der Waals surface area contributed by atoms with Gasteiger partial charge in [0.15, 0.2) is 0 Å². The summed E-state index contributed by atoms with van der Waals surface area (Å²) in [6.45, 7) is 0. The quantitative estimate of drug-likeness (QED) is 0.301. The number of hydrazone groups is 1. The van der Waals surface area contributed by atoms with Gasteiger partial charge in [-0.2, -0.15) is 5.10 Å². The van der Waals surface area contributed by atoms with Crippen molar-refractivity contribution in [1.29, 1.82) is 0 Å². The smallest absolute Gasteiger partial charge is 0.269 e. The normalized spacial score (nSPS) is 19.1. The highest BCUT2D eigenvalue weighted by atomic mass is 16.6. The van der Waals surface area contributed by atoms with Crippen LogP contribution in [0.2, 0.25) is 0 Å². The van der Waals surface area contributed by atoms with Crippen LogP contribution in [-0.2, 0) is 0 Å². The summed E-state index contributed by atoms with van der Waals surface area (Å²) in [5, 5.41) is 20.7. The molecule has 0 bridgehead atoms. The summed E-state index contributed by atoms with van der Waals surface area (Å²) < 4.78 is 6.33. The van der Waals surface area contributed by atoms with Crippen molar-refractivity contribution in [3.8, 4) is 5.75 Å². The van der Waals surface area contributed by atoms with E-state index in [1.54, 1.807) is 12.1 Å². The average Bonchev–Trinajstić information content (AvgIpc) is 3.29. The maximum atomic E-state index is 11.3. The molecule has 4 aromatic carbocycles. The number of fused-ring (bicyclic) bond motifs is 4. The zero-order valence-electron chi connectivity index (χ0n) is 17.1. The first-order valence-corrected chi connectivity index (χ1v) is 10.5. The number of nitrogens with zero attached hydrogens (tertiary/aromatic N) is 3.